The van der Waals surface area contributed by atoms with E-state index in [0.717, 1.165) is 12.0 Å². The van der Waals surface area contributed by atoms with Gasteiger partial charge < -0.3 is 21.4 Å². The molecule has 5 N–H and O–H groups in total. The number of H-pyrrole nitrogens is 1. The quantitative estimate of drug-likeness (QED) is 0.702. The third kappa shape index (κ3) is 3.95. The van der Waals surface area contributed by atoms with Crippen LogP contribution in [0.3, 0.4) is 0 Å². The van der Waals surface area contributed by atoms with Crippen LogP contribution in [0.4, 0.5) is 0 Å². The summed E-state index contributed by atoms with van der Waals surface area (Å²) in [5.41, 5.74) is 12.6. The van der Waals surface area contributed by atoms with Crippen molar-refractivity contribution in [3.63, 3.8) is 0 Å². The summed E-state index contributed by atoms with van der Waals surface area (Å²) in [7, 11) is 0. The maximum atomic E-state index is 12.5. The molecule has 0 radical (unpaired) electrons. The SMILES string of the molecule is NCCN(CCc1ccccc1)C(=O)c1cc(C(N)=O)c[nH]1. The van der Waals surface area contributed by atoms with Crippen molar-refractivity contribution in [2.24, 2.45) is 11.5 Å². The Hall–Kier alpha value is -2.60. The van der Waals surface area contributed by atoms with Gasteiger partial charge in [0.25, 0.3) is 5.91 Å². The Kier molecular flexibility index (Phi) is 5.32. The summed E-state index contributed by atoms with van der Waals surface area (Å²) in [6.07, 6.45) is 2.18. The highest BCUT2D eigenvalue weighted by Gasteiger charge is 2.17. The van der Waals surface area contributed by atoms with E-state index in [-0.39, 0.29) is 5.91 Å². The van der Waals surface area contributed by atoms with Crippen molar-refractivity contribution in [2.75, 3.05) is 19.6 Å². The zero-order chi connectivity index (χ0) is 15.9. The van der Waals surface area contributed by atoms with E-state index >= 15 is 0 Å². The number of carbonyl (C=O) groups is 2. The molecule has 0 unspecified atom stereocenters. The summed E-state index contributed by atoms with van der Waals surface area (Å²) in [4.78, 5) is 28.0. The van der Waals surface area contributed by atoms with Gasteiger partial charge in [0.1, 0.15) is 5.69 Å². The van der Waals surface area contributed by atoms with Gasteiger partial charge in [-0.3, -0.25) is 9.59 Å². The minimum Gasteiger partial charge on any atom is -0.366 e. The van der Waals surface area contributed by atoms with Crippen molar-refractivity contribution < 1.29 is 9.59 Å². The van der Waals surface area contributed by atoms with Gasteiger partial charge >= 0.3 is 0 Å². The lowest BCUT2D eigenvalue weighted by Gasteiger charge is -2.21. The number of hydrogen-bond acceptors (Lipinski definition) is 3. The highest BCUT2D eigenvalue weighted by Crippen LogP contribution is 2.08. The molecule has 0 fully saturated rings. The van der Waals surface area contributed by atoms with Crippen LogP contribution in [0, 0.1) is 0 Å². The molecule has 2 amide bonds. The second-order valence-corrected chi connectivity index (χ2v) is 4.98. The first kappa shape index (κ1) is 15.8. The van der Waals surface area contributed by atoms with Crippen LogP contribution >= 0.6 is 0 Å². The zero-order valence-electron chi connectivity index (χ0n) is 12.3. The molecule has 1 heterocycles. The van der Waals surface area contributed by atoms with Crippen LogP contribution in [-0.2, 0) is 6.42 Å². The Labute approximate surface area is 129 Å². The lowest BCUT2D eigenvalue weighted by atomic mass is 10.1. The number of carbonyl (C=O) groups excluding carboxylic acids is 2. The minimum atomic E-state index is -0.565. The number of primary amides is 1. The lowest BCUT2D eigenvalue weighted by molar-refractivity contribution is 0.0757. The zero-order valence-corrected chi connectivity index (χ0v) is 12.3. The number of benzene rings is 1. The summed E-state index contributed by atoms with van der Waals surface area (Å²) >= 11 is 0. The monoisotopic (exact) mass is 300 g/mol. The molecule has 0 aliphatic rings. The van der Waals surface area contributed by atoms with Crippen LogP contribution in [0.15, 0.2) is 42.6 Å². The number of aromatic amines is 1. The topological polar surface area (TPSA) is 105 Å². The molecule has 0 atom stereocenters. The molecular formula is C16H20N4O2. The maximum absolute atomic E-state index is 12.5. The predicted molar refractivity (Wildman–Crippen MR) is 84.4 cm³/mol. The van der Waals surface area contributed by atoms with E-state index in [2.05, 4.69) is 4.98 Å². The number of nitrogens with one attached hydrogen (secondary N) is 1. The third-order valence-electron chi connectivity index (χ3n) is 3.40. The average Bonchev–Trinajstić information content (AvgIpc) is 3.02. The largest absolute Gasteiger partial charge is 0.366 e. The van der Waals surface area contributed by atoms with Crippen molar-refractivity contribution in [1.29, 1.82) is 0 Å². The molecule has 0 saturated heterocycles. The molecule has 0 bridgehead atoms. The second-order valence-electron chi connectivity index (χ2n) is 4.98. The molecule has 22 heavy (non-hydrogen) atoms. The van der Waals surface area contributed by atoms with E-state index < -0.39 is 5.91 Å². The summed E-state index contributed by atoms with van der Waals surface area (Å²) in [6, 6.07) is 11.4. The molecule has 116 valence electrons. The van der Waals surface area contributed by atoms with E-state index in [4.69, 9.17) is 11.5 Å². The van der Waals surface area contributed by atoms with E-state index in [1.807, 2.05) is 30.3 Å². The fourth-order valence-corrected chi connectivity index (χ4v) is 2.21. The number of nitrogens with two attached hydrogens (primary N) is 2. The number of hydrogen-bond donors (Lipinski definition) is 3. The molecule has 6 heteroatoms. The first-order valence-corrected chi connectivity index (χ1v) is 7.13. The van der Waals surface area contributed by atoms with Crippen molar-refractivity contribution in [1.82, 2.24) is 9.88 Å². The van der Waals surface area contributed by atoms with Gasteiger partial charge in [-0.1, -0.05) is 30.3 Å². The minimum absolute atomic E-state index is 0.186. The molecular weight excluding hydrogens is 280 g/mol. The molecule has 0 aliphatic heterocycles. The smallest absolute Gasteiger partial charge is 0.270 e. The summed E-state index contributed by atoms with van der Waals surface area (Å²) in [5.74, 6) is -0.751. The standard InChI is InChI=1S/C16H20N4O2/c17-7-9-20(8-6-12-4-2-1-3-5-12)16(22)14-10-13(11-19-14)15(18)21/h1-5,10-11,19H,6-9,17H2,(H2,18,21). The van der Waals surface area contributed by atoms with Crippen molar-refractivity contribution in [2.45, 2.75) is 6.42 Å². The summed E-state index contributed by atoms with van der Waals surface area (Å²) < 4.78 is 0. The molecule has 0 aliphatic carbocycles. The van der Waals surface area contributed by atoms with Gasteiger partial charge in [-0.25, -0.2) is 0 Å². The highest BCUT2D eigenvalue weighted by molar-refractivity contribution is 5.98. The second kappa shape index (κ2) is 7.42. The average molecular weight is 300 g/mol. The van der Waals surface area contributed by atoms with Crippen LogP contribution in [0.2, 0.25) is 0 Å². The Balaban J connectivity index is 2.05. The fourth-order valence-electron chi connectivity index (χ4n) is 2.21. The number of rotatable bonds is 7. The molecule has 6 nitrogen and oxygen atoms in total. The first-order chi connectivity index (χ1) is 10.6. The molecule has 2 aromatic rings. The molecule has 1 aromatic carbocycles. The van der Waals surface area contributed by atoms with Gasteiger partial charge in [0, 0.05) is 25.8 Å². The first-order valence-electron chi connectivity index (χ1n) is 7.13. The van der Waals surface area contributed by atoms with Crippen LogP contribution < -0.4 is 11.5 Å². The third-order valence-corrected chi connectivity index (χ3v) is 3.40. The van der Waals surface area contributed by atoms with Gasteiger partial charge in [0.05, 0.1) is 5.56 Å². The number of aromatic nitrogens is 1. The Morgan fingerprint density at radius 2 is 1.86 bits per heavy atom. The normalized spacial score (nSPS) is 10.4. The lowest BCUT2D eigenvalue weighted by Crippen LogP contribution is -2.37. The van der Waals surface area contributed by atoms with Gasteiger partial charge in [-0.15, -0.1) is 0 Å². The van der Waals surface area contributed by atoms with E-state index in [0.29, 0.717) is 30.9 Å². The predicted octanol–water partition coefficient (Wildman–Crippen LogP) is 0.757. The van der Waals surface area contributed by atoms with E-state index in [9.17, 15) is 9.59 Å². The summed E-state index contributed by atoms with van der Waals surface area (Å²) in [6.45, 7) is 1.39. The van der Waals surface area contributed by atoms with Crippen LogP contribution in [0.1, 0.15) is 26.4 Å². The maximum Gasteiger partial charge on any atom is 0.270 e. The number of amides is 2. The van der Waals surface area contributed by atoms with Gasteiger partial charge in [0.15, 0.2) is 0 Å². The van der Waals surface area contributed by atoms with Crippen LogP contribution in [-0.4, -0.2) is 41.3 Å². The summed E-state index contributed by atoms with van der Waals surface area (Å²) in [5, 5.41) is 0. The van der Waals surface area contributed by atoms with Crippen molar-refractivity contribution in [3.05, 3.63) is 59.4 Å². The molecule has 0 spiro atoms. The van der Waals surface area contributed by atoms with E-state index in [1.54, 1.807) is 4.90 Å². The molecule has 1 aromatic heterocycles. The van der Waals surface area contributed by atoms with Crippen molar-refractivity contribution in [3.8, 4) is 0 Å². The van der Waals surface area contributed by atoms with Gasteiger partial charge in [-0.2, -0.15) is 0 Å². The Bertz CT molecular complexity index is 637. The Morgan fingerprint density at radius 3 is 2.45 bits per heavy atom. The van der Waals surface area contributed by atoms with Gasteiger partial charge in [0.2, 0.25) is 5.91 Å². The van der Waals surface area contributed by atoms with Crippen LogP contribution in [0.5, 0.6) is 0 Å². The van der Waals surface area contributed by atoms with Gasteiger partial charge in [-0.05, 0) is 18.1 Å². The van der Waals surface area contributed by atoms with E-state index in [1.165, 1.54) is 12.3 Å². The molecule has 0 saturated carbocycles. The Morgan fingerprint density at radius 1 is 1.14 bits per heavy atom. The highest BCUT2D eigenvalue weighted by atomic mass is 16.2. The number of nitrogens with zero attached hydrogens (tertiary/aromatic N) is 1. The fraction of sp³-hybridized carbons (Fsp3) is 0.250. The van der Waals surface area contributed by atoms with Crippen LogP contribution in [0.25, 0.3) is 0 Å². The molecule has 2 rings (SSSR count). The van der Waals surface area contributed by atoms with Crippen molar-refractivity contribution >= 4 is 11.8 Å².